The van der Waals surface area contributed by atoms with E-state index in [1.807, 2.05) is 0 Å². The summed E-state index contributed by atoms with van der Waals surface area (Å²) < 4.78 is 0. The van der Waals surface area contributed by atoms with E-state index >= 15 is 0 Å². The van der Waals surface area contributed by atoms with Crippen LogP contribution in [0.25, 0.3) is 0 Å². The van der Waals surface area contributed by atoms with Crippen LogP contribution in [0.3, 0.4) is 0 Å². The van der Waals surface area contributed by atoms with E-state index in [-0.39, 0.29) is 0 Å². The van der Waals surface area contributed by atoms with Gasteiger partial charge in [-0.3, -0.25) is 0 Å². The van der Waals surface area contributed by atoms with E-state index < -0.39 is 24.0 Å². The van der Waals surface area contributed by atoms with Gasteiger partial charge in [-0.2, -0.15) is 0 Å². The van der Waals surface area contributed by atoms with Crippen molar-refractivity contribution in [3.63, 3.8) is 0 Å². The summed E-state index contributed by atoms with van der Waals surface area (Å²) >= 11 is 0. The van der Waals surface area contributed by atoms with Crippen LogP contribution in [0, 0.1) is 0 Å². The van der Waals surface area contributed by atoms with Crippen molar-refractivity contribution < 1.29 is 10.6 Å². The SMILES string of the molecule is C[CH2][Ni]([Cl])([P](c1ccccc1)c1ccccc1)[P](c1ccccc1)c1ccccc1. The zero-order chi connectivity index (χ0) is 20.8. The third kappa shape index (κ3) is 4.56. The molecule has 0 amide bonds. The van der Waals surface area contributed by atoms with Gasteiger partial charge in [0.15, 0.2) is 0 Å². The fourth-order valence-corrected chi connectivity index (χ4v) is 24.2. The zero-order valence-electron chi connectivity index (χ0n) is 16.8. The Morgan fingerprint density at radius 3 is 0.933 bits per heavy atom. The van der Waals surface area contributed by atoms with Gasteiger partial charge in [0.25, 0.3) is 0 Å². The van der Waals surface area contributed by atoms with Crippen LogP contribution >= 0.6 is 23.6 Å². The first-order valence-electron chi connectivity index (χ1n) is 9.87. The summed E-state index contributed by atoms with van der Waals surface area (Å²) in [4.78, 5) is 0. The molecule has 0 saturated heterocycles. The Kier molecular flexibility index (Phi) is 7.41. The van der Waals surface area contributed by atoms with Gasteiger partial charge in [-0.1, -0.05) is 0 Å². The van der Waals surface area contributed by atoms with Crippen LogP contribution in [0.15, 0.2) is 121 Å². The minimum absolute atomic E-state index is 0.695. The third-order valence-corrected chi connectivity index (χ3v) is 24.5. The summed E-state index contributed by atoms with van der Waals surface area (Å²) in [5.41, 5.74) is 0. The fraction of sp³-hybridized carbons (Fsp3) is 0.0769. The number of rotatable bonds is 7. The van der Waals surface area contributed by atoms with Crippen LogP contribution in [0.1, 0.15) is 6.92 Å². The van der Waals surface area contributed by atoms with Crippen LogP contribution in [-0.2, 0) is 10.6 Å². The summed E-state index contributed by atoms with van der Waals surface area (Å²) in [6, 6.07) is 43.7. The second kappa shape index (κ2) is 10.2. The molecule has 4 rings (SSSR count). The third-order valence-electron chi connectivity index (χ3n) is 4.59. The summed E-state index contributed by atoms with van der Waals surface area (Å²) in [6.07, 6.45) is 0. The van der Waals surface area contributed by atoms with Gasteiger partial charge in [0, 0.05) is 0 Å². The minimum atomic E-state index is -1.71. The Bertz CT molecular complexity index is 881. The fourth-order valence-electron chi connectivity index (χ4n) is 3.26. The standard InChI is InChI=1S/2C12H10P.C2H5.ClH.Ni/c2*1-3-7-11(8-4-1)13-12-9-5-2-6-10-12;1-2;;/h2*1-10H;1H2,2H3;1H;/q2*-1;;;+3/p-1. The molecule has 0 aliphatic carbocycles. The molecule has 0 radical (unpaired) electrons. The van der Waals surface area contributed by atoms with Crippen molar-refractivity contribution >= 4 is 44.8 Å². The Balaban J connectivity index is 1.95. The van der Waals surface area contributed by atoms with E-state index in [4.69, 9.17) is 10.2 Å². The Morgan fingerprint density at radius 1 is 0.500 bits per heavy atom. The van der Waals surface area contributed by atoms with Gasteiger partial charge in [-0.25, -0.2) is 0 Å². The van der Waals surface area contributed by atoms with Gasteiger partial charge in [-0.15, -0.1) is 0 Å². The average molecular weight is 494 g/mol. The van der Waals surface area contributed by atoms with E-state index in [0.717, 1.165) is 5.39 Å². The van der Waals surface area contributed by atoms with Crippen molar-refractivity contribution in [2.45, 2.75) is 12.3 Å². The van der Waals surface area contributed by atoms with E-state index in [0.29, 0.717) is 0 Å². The zero-order valence-corrected chi connectivity index (χ0v) is 20.4. The molecule has 0 unspecified atom stereocenters. The normalized spacial score (nSPS) is 12.3. The molecule has 0 spiro atoms. The molecule has 4 heteroatoms. The second-order valence-corrected chi connectivity index (χ2v) is 22.3. The van der Waals surface area contributed by atoms with E-state index in [1.54, 1.807) is 0 Å². The molecule has 0 heterocycles. The molecular formula is C26H25ClNiP2. The van der Waals surface area contributed by atoms with Crippen molar-refractivity contribution in [3.05, 3.63) is 121 Å². The van der Waals surface area contributed by atoms with Crippen molar-refractivity contribution in [3.8, 4) is 0 Å². The van der Waals surface area contributed by atoms with Crippen LogP contribution < -0.4 is 21.2 Å². The van der Waals surface area contributed by atoms with Crippen LogP contribution in [0.5, 0.6) is 0 Å². The molecule has 0 fully saturated rings. The van der Waals surface area contributed by atoms with E-state index in [1.165, 1.54) is 21.2 Å². The summed E-state index contributed by atoms with van der Waals surface area (Å²) in [5, 5.41) is 6.46. The maximum atomic E-state index is 7.95. The van der Waals surface area contributed by atoms with E-state index in [2.05, 4.69) is 128 Å². The van der Waals surface area contributed by atoms with Crippen LogP contribution in [0.2, 0.25) is 5.39 Å². The molecule has 0 atom stereocenters. The Hall–Kier alpha value is -1.48. The monoisotopic (exact) mass is 492 g/mol. The van der Waals surface area contributed by atoms with Gasteiger partial charge in [-0.05, 0) is 0 Å². The Morgan fingerprint density at radius 2 is 0.733 bits per heavy atom. The summed E-state index contributed by atoms with van der Waals surface area (Å²) in [7, 11) is 6.23. The molecule has 0 aromatic heterocycles. The number of halogens is 1. The van der Waals surface area contributed by atoms with Gasteiger partial charge < -0.3 is 0 Å². The maximum absolute atomic E-state index is 7.95. The predicted molar refractivity (Wildman–Crippen MR) is 134 cm³/mol. The molecule has 0 nitrogen and oxygen atoms in total. The molecule has 0 bridgehead atoms. The second-order valence-electron chi connectivity index (χ2n) is 6.53. The molecule has 30 heavy (non-hydrogen) atoms. The molecule has 156 valence electrons. The number of benzene rings is 4. The van der Waals surface area contributed by atoms with Crippen molar-refractivity contribution in [2.24, 2.45) is 0 Å². The first-order valence-corrected chi connectivity index (χ1v) is 16.9. The number of hydrogen-bond acceptors (Lipinski definition) is 0. The summed E-state index contributed by atoms with van der Waals surface area (Å²) in [6.45, 7) is 0.897. The van der Waals surface area contributed by atoms with Crippen molar-refractivity contribution in [1.29, 1.82) is 0 Å². The van der Waals surface area contributed by atoms with Crippen molar-refractivity contribution in [1.82, 2.24) is 0 Å². The quantitative estimate of drug-likeness (QED) is 0.196. The van der Waals surface area contributed by atoms with Crippen LogP contribution in [0.4, 0.5) is 0 Å². The van der Waals surface area contributed by atoms with E-state index in [9.17, 15) is 0 Å². The van der Waals surface area contributed by atoms with Gasteiger partial charge in [0.1, 0.15) is 0 Å². The van der Waals surface area contributed by atoms with Gasteiger partial charge in [0.05, 0.1) is 0 Å². The van der Waals surface area contributed by atoms with Crippen molar-refractivity contribution in [2.75, 3.05) is 0 Å². The average Bonchev–Trinajstić information content (AvgIpc) is 2.82. The van der Waals surface area contributed by atoms with Gasteiger partial charge >= 0.3 is 189 Å². The molecule has 4 aromatic rings. The Labute approximate surface area is 188 Å². The molecule has 0 aliphatic heterocycles. The molecule has 0 saturated carbocycles. The molecule has 0 aliphatic rings. The predicted octanol–water partition coefficient (Wildman–Crippen LogP) is 6.83. The van der Waals surface area contributed by atoms with Gasteiger partial charge in [0.2, 0.25) is 0 Å². The first kappa shape index (κ1) is 21.7. The molecule has 4 aromatic carbocycles. The number of hydrogen-bond donors (Lipinski definition) is 0. The molecule has 0 N–H and O–H groups in total. The summed E-state index contributed by atoms with van der Waals surface area (Å²) in [5.74, 6) is 0. The van der Waals surface area contributed by atoms with Crippen LogP contribution in [-0.4, -0.2) is 0 Å². The topological polar surface area (TPSA) is 0 Å². The molecular weight excluding hydrogens is 468 g/mol. The first-order chi connectivity index (χ1) is 14.7.